The Morgan fingerprint density at radius 3 is 2.09 bits per heavy atom. The summed E-state index contributed by atoms with van der Waals surface area (Å²) in [4.78, 5) is 32.5. The number of carbonyl (C=O) groups is 2. The van der Waals surface area contributed by atoms with E-state index in [4.69, 9.17) is 5.41 Å². The van der Waals surface area contributed by atoms with Crippen molar-refractivity contribution in [2.24, 2.45) is 0 Å². The van der Waals surface area contributed by atoms with Gasteiger partial charge in [0.2, 0.25) is 5.78 Å². The number of carbonyl (C=O) groups excluding carboxylic acids is 2. The lowest BCUT2D eigenvalue weighted by molar-refractivity contribution is -0.143. The Bertz CT molecular complexity index is 1500. The number of nitrogens with zero attached hydrogens (tertiary/aromatic N) is 3. The van der Waals surface area contributed by atoms with Crippen LogP contribution < -0.4 is 0 Å². The minimum Gasteiger partial charge on any atom is -0.338 e. The van der Waals surface area contributed by atoms with Gasteiger partial charge in [-0.15, -0.1) is 11.3 Å². The highest BCUT2D eigenvalue weighted by Crippen LogP contribution is 2.38. The Morgan fingerprint density at radius 1 is 0.891 bits per heavy atom. The number of ketones is 1. The van der Waals surface area contributed by atoms with Gasteiger partial charge in [0.25, 0.3) is 5.91 Å². The van der Waals surface area contributed by atoms with Crippen LogP contribution in [0.2, 0.25) is 0 Å². The number of likely N-dealkylation sites (tertiary alicyclic amines) is 1. The molecule has 2 aliphatic heterocycles. The van der Waals surface area contributed by atoms with Gasteiger partial charge in [0.05, 0.1) is 21.7 Å². The SMILES string of the molecule is CC(CC(=N)C(=O)c1cccs1)N1CCN(C2CCN(C(=O)c3cc(C(F)(F)F)cc(C(F)(F)F)c3)CC2c2ccccc2)CC1. The molecule has 6 nitrogen and oxygen atoms in total. The minimum absolute atomic E-state index is 0.00476. The van der Waals surface area contributed by atoms with Crippen LogP contribution in [0.25, 0.3) is 0 Å². The zero-order valence-corrected chi connectivity index (χ0v) is 25.9. The number of thiophene rings is 1. The van der Waals surface area contributed by atoms with Crippen molar-refractivity contribution in [1.82, 2.24) is 14.7 Å². The molecule has 1 amide bonds. The maximum atomic E-state index is 13.5. The molecule has 2 aromatic carbocycles. The van der Waals surface area contributed by atoms with Crippen molar-refractivity contribution < 1.29 is 35.9 Å². The van der Waals surface area contributed by atoms with Gasteiger partial charge in [0, 0.05) is 69.3 Å². The predicted octanol–water partition coefficient (Wildman–Crippen LogP) is 7.08. The molecule has 0 spiro atoms. The fourth-order valence-electron chi connectivity index (χ4n) is 6.43. The first-order valence-corrected chi connectivity index (χ1v) is 15.9. The number of benzene rings is 2. The molecule has 2 aliphatic rings. The highest BCUT2D eigenvalue weighted by atomic mass is 32.1. The molecule has 1 aromatic heterocycles. The van der Waals surface area contributed by atoms with Crippen LogP contribution >= 0.6 is 11.3 Å². The van der Waals surface area contributed by atoms with Crippen molar-refractivity contribution >= 4 is 28.7 Å². The smallest absolute Gasteiger partial charge is 0.338 e. The molecule has 3 heterocycles. The lowest BCUT2D eigenvalue weighted by Crippen LogP contribution is -2.57. The second-order valence-corrected chi connectivity index (χ2v) is 12.8. The number of hydrogen-bond donors (Lipinski definition) is 1. The van der Waals surface area contributed by atoms with Gasteiger partial charge in [-0.2, -0.15) is 26.3 Å². The summed E-state index contributed by atoms with van der Waals surface area (Å²) in [5, 5.41) is 10.1. The zero-order valence-electron chi connectivity index (χ0n) is 25.1. The van der Waals surface area contributed by atoms with E-state index in [0.717, 1.165) is 5.56 Å². The van der Waals surface area contributed by atoms with Gasteiger partial charge in [-0.3, -0.25) is 19.4 Å². The molecule has 5 rings (SSSR count). The van der Waals surface area contributed by atoms with Gasteiger partial charge in [-0.05, 0) is 48.6 Å². The number of halogens is 6. The van der Waals surface area contributed by atoms with Crippen LogP contribution in [0.15, 0.2) is 66.0 Å². The molecule has 13 heteroatoms. The van der Waals surface area contributed by atoms with E-state index in [-0.39, 0.29) is 48.7 Å². The standard InChI is InChI=1S/C33H34F6N4O2S/c1-21(16-27(40)30(44)29-8-5-15-46-29)41-11-13-42(14-12-41)28-9-10-43(20-26(28)22-6-3-2-4-7-22)31(45)23-17-24(32(34,35)36)19-25(18-23)33(37,38)39/h2-8,15,17-19,21,26,28,40H,9-14,16,20H2,1H3. The Labute approximate surface area is 267 Å². The third-order valence-corrected chi connectivity index (χ3v) is 9.75. The van der Waals surface area contributed by atoms with Gasteiger partial charge in [-0.25, -0.2) is 0 Å². The molecule has 1 N–H and O–H groups in total. The maximum absolute atomic E-state index is 13.5. The first kappa shape index (κ1) is 33.8. The summed E-state index contributed by atoms with van der Waals surface area (Å²) in [5.41, 5.74) is -2.67. The van der Waals surface area contributed by atoms with E-state index in [2.05, 4.69) is 9.80 Å². The van der Waals surface area contributed by atoms with Crippen molar-refractivity contribution in [3.63, 3.8) is 0 Å². The second kappa shape index (κ2) is 13.7. The predicted molar refractivity (Wildman–Crippen MR) is 164 cm³/mol. The Balaban J connectivity index is 1.28. The normalized spacial score (nSPS) is 20.8. The molecule has 3 atom stereocenters. The molecule has 2 saturated heterocycles. The highest BCUT2D eigenvalue weighted by molar-refractivity contribution is 7.13. The Hall–Kier alpha value is -3.55. The van der Waals surface area contributed by atoms with E-state index in [1.54, 1.807) is 17.5 Å². The fraction of sp³-hybridized carbons (Fsp3) is 0.424. The average Bonchev–Trinajstić information content (AvgIpc) is 3.58. The summed E-state index contributed by atoms with van der Waals surface area (Å²) in [6, 6.07) is 13.9. The van der Waals surface area contributed by atoms with E-state index in [9.17, 15) is 35.9 Å². The summed E-state index contributed by atoms with van der Waals surface area (Å²) in [5.74, 6) is -1.34. The molecule has 3 unspecified atom stereocenters. The van der Waals surface area contributed by atoms with Crippen molar-refractivity contribution in [2.75, 3.05) is 39.3 Å². The summed E-state index contributed by atoms with van der Waals surface area (Å²) >= 11 is 1.31. The third-order valence-electron chi connectivity index (χ3n) is 8.89. The molecule has 46 heavy (non-hydrogen) atoms. The topological polar surface area (TPSA) is 67.7 Å². The summed E-state index contributed by atoms with van der Waals surface area (Å²) in [6.45, 7) is 5.12. The van der Waals surface area contributed by atoms with E-state index < -0.39 is 35.0 Å². The van der Waals surface area contributed by atoms with Crippen molar-refractivity contribution in [3.8, 4) is 0 Å². The first-order chi connectivity index (χ1) is 21.7. The molecule has 0 bridgehead atoms. The van der Waals surface area contributed by atoms with Crippen LogP contribution in [0.4, 0.5) is 26.3 Å². The number of piperidine rings is 1. The van der Waals surface area contributed by atoms with Crippen LogP contribution in [0, 0.1) is 5.41 Å². The molecule has 0 aliphatic carbocycles. The molecule has 2 fully saturated rings. The van der Waals surface area contributed by atoms with E-state index >= 15 is 0 Å². The lowest BCUT2D eigenvalue weighted by atomic mass is 9.84. The zero-order chi connectivity index (χ0) is 33.2. The third kappa shape index (κ3) is 7.69. The minimum atomic E-state index is -5.05. The molecular formula is C33H34F6N4O2S. The maximum Gasteiger partial charge on any atom is 0.416 e. The van der Waals surface area contributed by atoms with Crippen LogP contribution in [-0.4, -0.2) is 83.5 Å². The molecule has 0 saturated carbocycles. The molecular weight excluding hydrogens is 630 g/mol. The number of piperazine rings is 1. The number of nitrogens with one attached hydrogen (secondary N) is 1. The Morgan fingerprint density at radius 2 is 1.52 bits per heavy atom. The largest absolute Gasteiger partial charge is 0.416 e. The van der Waals surface area contributed by atoms with Gasteiger partial charge >= 0.3 is 12.4 Å². The van der Waals surface area contributed by atoms with Crippen molar-refractivity contribution in [2.45, 2.75) is 50.1 Å². The van der Waals surface area contributed by atoms with Crippen molar-refractivity contribution in [1.29, 1.82) is 5.41 Å². The van der Waals surface area contributed by atoms with Crippen LogP contribution in [0.1, 0.15) is 62.4 Å². The van der Waals surface area contributed by atoms with Crippen LogP contribution in [0.3, 0.4) is 0 Å². The summed E-state index contributed by atoms with van der Waals surface area (Å²) in [6.07, 6.45) is -9.27. The molecule has 0 radical (unpaired) electrons. The lowest BCUT2D eigenvalue weighted by Gasteiger charge is -2.47. The Kier molecular flexibility index (Phi) is 10.0. The van der Waals surface area contributed by atoms with Gasteiger partial charge in [0.15, 0.2) is 0 Å². The average molecular weight is 665 g/mol. The van der Waals surface area contributed by atoms with Crippen molar-refractivity contribution in [3.05, 3.63) is 93.2 Å². The first-order valence-electron chi connectivity index (χ1n) is 15.0. The summed E-state index contributed by atoms with van der Waals surface area (Å²) < 4.78 is 80.9. The van der Waals surface area contributed by atoms with E-state index in [1.165, 1.54) is 16.2 Å². The fourth-order valence-corrected chi connectivity index (χ4v) is 7.12. The van der Waals surface area contributed by atoms with E-state index in [1.807, 2.05) is 37.3 Å². The number of Topliss-reactive ketones (excluding diaryl/α,β-unsaturated/α-hetero) is 1. The number of hydrogen-bond acceptors (Lipinski definition) is 6. The van der Waals surface area contributed by atoms with Gasteiger partial charge in [-0.1, -0.05) is 36.4 Å². The highest BCUT2D eigenvalue weighted by Gasteiger charge is 2.40. The number of rotatable bonds is 8. The molecule has 3 aromatic rings. The van der Waals surface area contributed by atoms with E-state index in [0.29, 0.717) is 56.0 Å². The molecule has 246 valence electrons. The van der Waals surface area contributed by atoms with Gasteiger partial charge < -0.3 is 10.3 Å². The number of alkyl halides is 6. The van der Waals surface area contributed by atoms with Gasteiger partial charge in [0.1, 0.15) is 0 Å². The summed E-state index contributed by atoms with van der Waals surface area (Å²) in [7, 11) is 0. The van der Waals surface area contributed by atoms with Crippen LogP contribution in [-0.2, 0) is 12.4 Å². The quantitative estimate of drug-likeness (QED) is 0.159. The second-order valence-electron chi connectivity index (χ2n) is 11.8. The van der Waals surface area contributed by atoms with Crippen LogP contribution in [0.5, 0.6) is 0 Å². The monoisotopic (exact) mass is 664 g/mol. The number of amides is 1.